The molecule has 0 bridgehead atoms. The number of hydrogen-bond acceptors (Lipinski definition) is 3. The van der Waals surface area contributed by atoms with Crippen molar-refractivity contribution in [2.45, 2.75) is 24.5 Å². The van der Waals surface area contributed by atoms with Crippen molar-refractivity contribution in [3.05, 3.63) is 19.9 Å². The molecule has 1 saturated heterocycles. The number of thioether (sulfide) groups is 1. The smallest absolute Gasteiger partial charge is 0.252 e. The fraction of sp³-hybridized carbons (Fsp3) is 0.545. The third-order valence-corrected chi connectivity index (χ3v) is 5.78. The Morgan fingerprint density at radius 1 is 1.56 bits per heavy atom. The molecule has 2 heterocycles. The molecule has 1 aliphatic rings. The third kappa shape index (κ3) is 3.63. The van der Waals surface area contributed by atoms with Crippen LogP contribution in [0.1, 0.15) is 29.6 Å². The zero-order valence-electron chi connectivity index (χ0n) is 8.87. The predicted molar refractivity (Wildman–Crippen MR) is 79.5 cm³/mol. The molecule has 1 N–H and O–H groups in total. The Hall–Kier alpha value is 0.250. The second-order valence-corrected chi connectivity index (χ2v) is 8.05. The highest BCUT2D eigenvalue weighted by Crippen LogP contribution is 2.24. The van der Waals surface area contributed by atoms with Crippen LogP contribution in [0.15, 0.2) is 11.4 Å². The van der Waals surface area contributed by atoms with E-state index in [1.807, 2.05) is 23.2 Å². The average molecular weight is 367 g/mol. The van der Waals surface area contributed by atoms with E-state index in [4.69, 9.17) is 0 Å². The SMILES string of the molecule is O=C(NCC1CCCCS1)c1csc(I)c1. The van der Waals surface area contributed by atoms with Crippen molar-refractivity contribution in [1.82, 2.24) is 5.32 Å². The molecule has 0 saturated carbocycles. The first-order valence-electron chi connectivity index (χ1n) is 5.39. The summed E-state index contributed by atoms with van der Waals surface area (Å²) in [6, 6.07) is 1.94. The Morgan fingerprint density at radius 3 is 3.06 bits per heavy atom. The van der Waals surface area contributed by atoms with E-state index in [9.17, 15) is 4.79 Å². The number of carbonyl (C=O) groups excluding carboxylic acids is 1. The third-order valence-electron chi connectivity index (χ3n) is 2.59. The summed E-state index contributed by atoms with van der Waals surface area (Å²) in [5.41, 5.74) is 0.801. The second-order valence-electron chi connectivity index (χ2n) is 3.84. The summed E-state index contributed by atoms with van der Waals surface area (Å²) >= 11 is 5.85. The van der Waals surface area contributed by atoms with Gasteiger partial charge >= 0.3 is 0 Å². The number of amides is 1. The zero-order chi connectivity index (χ0) is 11.4. The summed E-state index contributed by atoms with van der Waals surface area (Å²) in [6.07, 6.45) is 3.88. The van der Waals surface area contributed by atoms with Crippen LogP contribution >= 0.6 is 45.7 Å². The Kier molecular flexibility index (Phi) is 4.97. The summed E-state index contributed by atoms with van der Waals surface area (Å²) in [5.74, 6) is 1.32. The van der Waals surface area contributed by atoms with Gasteiger partial charge in [0, 0.05) is 17.2 Å². The van der Waals surface area contributed by atoms with Crippen LogP contribution < -0.4 is 5.32 Å². The van der Waals surface area contributed by atoms with Gasteiger partial charge in [0.15, 0.2) is 0 Å². The molecule has 16 heavy (non-hydrogen) atoms. The monoisotopic (exact) mass is 367 g/mol. The maximum Gasteiger partial charge on any atom is 0.252 e. The fourth-order valence-corrected chi connectivity index (χ4v) is 4.27. The van der Waals surface area contributed by atoms with Crippen molar-refractivity contribution in [1.29, 1.82) is 0 Å². The molecule has 1 aliphatic heterocycles. The maximum absolute atomic E-state index is 11.8. The van der Waals surface area contributed by atoms with E-state index in [2.05, 4.69) is 27.9 Å². The predicted octanol–water partition coefficient (Wildman–Crippen LogP) is 3.37. The minimum absolute atomic E-state index is 0.0744. The van der Waals surface area contributed by atoms with Crippen LogP contribution in [0.5, 0.6) is 0 Å². The number of rotatable bonds is 3. The second kappa shape index (κ2) is 6.26. The number of thiophene rings is 1. The molecule has 1 aromatic rings. The van der Waals surface area contributed by atoms with Gasteiger partial charge in [-0.15, -0.1) is 11.3 Å². The van der Waals surface area contributed by atoms with Crippen molar-refractivity contribution in [3.8, 4) is 0 Å². The number of carbonyl (C=O) groups is 1. The van der Waals surface area contributed by atoms with Gasteiger partial charge in [-0.1, -0.05) is 6.42 Å². The van der Waals surface area contributed by atoms with Gasteiger partial charge in [-0.2, -0.15) is 11.8 Å². The van der Waals surface area contributed by atoms with Crippen molar-refractivity contribution < 1.29 is 4.79 Å². The van der Waals surface area contributed by atoms with E-state index in [1.165, 1.54) is 25.0 Å². The molecular weight excluding hydrogens is 353 g/mol. The van der Waals surface area contributed by atoms with E-state index < -0.39 is 0 Å². The van der Waals surface area contributed by atoms with E-state index >= 15 is 0 Å². The van der Waals surface area contributed by atoms with Gasteiger partial charge in [0.25, 0.3) is 5.91 Å². The molecule has 1 aromatic heterocycles. The fourth-order valence-electron chi connectivity index (χ4n) is 1.71. The van der Waals surface area contributed by atoms with E-state index in [0.29, 0.717) is 5.25 Å². The summed E-state index contributed by atoms with van der Waals surface area (Å²) < 4.78 is 1.16. The highest BCUT2D eigenvalue weighted by Gasteiger charge is 2.15. The van der Waals surface area contributed by atoms with Crippen LogP contribution in [0.25, 0.3) is 0 Å². The molecule has 5 heteroatoms. The minimum atomic E-state index is 0.0744. The molecule has 1 fully saturated rings. The summed E-state index contributed by atoms with van der Waals surface area (Å²) in [6.45, 7) is 0.815. The largest absolute Gasteiger partial charge is 0.351 e. The molecule has 1 amide bonds. The first-order valence-corrected chi connectivity index (χ1v) is 8.40. The highest BCUT2D eigenvalue weighted by molar-refractivity contribution is 14.1. The van der Waals surface area contributed by atoms with Crippen molar-refractivity contribution in [2.24, 2.45) is 0 Å². The maximum atomic E-state index is 11.8. The van der Waals surface area contributed by atoms with Crippen molar-refractivity contribution >= 4 is 51.6 Å². The molecule has 1 atom stereocenters. The molecule has 0 spiro atoms. The first-order chi connectivity index (χ1) is 7.75. The van der Waals surface area contributed by atoms with Gasteiger partial charge in [-0.25, -0.2) is 0 Å². The molecule has 2 nitrogen and oxygen atoms in total. The van der Waals surface area contributed by atoms with Gasteiger partial charge in [0.1, 0.15) is 0 Å². The quantitative estimate of drug-likeness (QED) is 0.830. The van der Waals surface area contributed by atoms with Crippen LogP contribution in [-0.2, 0) is 0 Å². The molecular formula is C11H14INOS2. The van der Waals surface area contributed by atoms with Crippen LogP contribution in [0.2, 0.25) is 0 Å². The summed E-state index contributed by atoms with van der Waals surface area (Å²) in [4.78, 5) is 11.8. The van der Waals surface area contributed by atoms with Gasteiger partial charge in [0.2, 0.25) is 0 Å². The van der Waals surface area contributed by atoms with Gasteiger partial charge < -0.3 is 5.32 Å². The van der Waals surface area contributed by atoms with Crippen LogP contribution in [-0.4, -0.2) is 23.5 Å². The number of nitrogens with one attached hydrogen (secondary N) is 1. The molecule has 88 valence electrons. The lowest BCUT2D eigenvalue weighted by atomic mass is 10.2. The Labute approximate surface area is 118 Å². The van der Waals surface area contributed by atoms with Gasteiger partial charge in [-0.05, 0) is 47.3 Å². The lowest BCUT2D eigenvalue weighted by Crippen LogP contribution is -2.31. The van der Waals surface area contributed by atoms with Crippen LogP contribution in [0.4, 0.5) is 0 Å². The first kappa shape index (κ1) is 12.7. The minimum Gasteiger partial charge on any atom is -0.351 e. The number of halogens is 1. The van der Waals surface area contributed by atoms with Crippen molar-refractivity contribution in [2.75, 3.05) is 12.3 Å². The molecule has 0 radical (unpaired) electrons. The van der Waals surface area contributed by atoms with Crippen molar-refractivity contribution in [3.63, 3.8) is 0 Å². The van der Waals surface area contributed by atoms with E-state index in [1.54, 1.807) is 11.3 Å². The Balaban J connectivity index is 1.79. The summed E-state index contributed by atoms with van der Waals surface area (Å²) in [7, 11) is 0. The van der Waals surface area contributed by atoms with Crippen LogP contribution in [0.3, 0.4) is 0 Å². The summed E-state index contributed by atoms with van der Waals surface area (Å²) in [5, 5.41) is 5.57. The standard InChI is InChI=1S/C11H14INOS2/c12-10-5-8(7-16-10)11(14)13-6-9-3-1-2-4-15-9/h5,7,9H,1-4,6H2,(H,13,14). The van der Waals surface area contributed by atoms with E-state index in [0.717, 1.165) is 15.0 Å². The normalized spacial score (nSPS) is 20.7. The average Bonchev–Trinajstić information content (AvgIpc) is 2.74. The van der Waals surface area contributed by atoms with Gasteiger partial charge in [0.05, 0.1) is 8.45 Å². The molecule has 1 unspecified atom stereocenters. The lowest BCUT2D eigenvalue weighted by Gasteiger charge is -2.21. The Morgan fingerprint density at radius 2 is 2.44 bits per heavy atom. The van der Waals surface area contributed by atoms with Gasteiger partial charge in [-0.3, -0.25) is 4.79 Å². The highest BCUT2D eigenvalue weighted by atomic mass is 127. The van der Waals surface area contributed by atoms with Crippen LogP contribution in [0, 0.1) is 2.88 Å². The van der Waals surface area contributed by atoms with E-state index in [-0.39, 0.29) is 5.91 Å². The topological polar surface area (TPSA) is 29.1 Å². The molecule has 2 rings (SSSR count). The lowest BCUT2D eigenvalue weighted by molar-refractivity contribution is 0.0954. The molecule has 0 aliphatic carbocycles. The Bertz CT molecular complexity index is 361. The zero-order valence-corrected chi connectivity index (χ0v) is 12.7. The molecule has 0 aromatic carbocycles. The number of hydrogen-bond donors (Lipinski definition) is 1.